The lowest BCUT2D eigenvalue weighted by molar-refractivity contribution is 0.328. The van der Waals surface area contributed by atoms with E-state index in [2.05, 4.69) is 16.9 Å². The zero-order valence-electron chi connectivity index (χ0n) is 15.9. The molecule has 0 aliphatic heterocycles. The predicted molar refractivity (Wildman–Crippen MR) is 108 cm³/mol. The van der Waals surface area contributed by atoms with Crippen molar-refractivity contribution in [2.24, 2.45) is 0 Å². The number of anilines is 1. The van der Waals surface area contributed by atoms with E-state index < -0.39 is 0 Å². The van der Waals surface area contributed by atoms with Crippen LogP contribution >= 0.6 is 0 Å². The number of pyridine rings is 2. The van der Waals surface area contributed by atoms with E-state index in [0.717, 1.165) is 28.1 Å². The molecule has 2 heterocycles. The Hall–Kier alpha value is -2.95. The quantitative estimate of drug-likeness (QED) is 0.531. The minimum Gasteiger partial charge on any atom is -0.477 e. The van der Waals surface area contributed by atoms with Crippen LogP contribution in [0.5, 0.6) is 5.88 Å². The van der Waals surface area contributed by atoms with Crippen LogP contribution in [0.25, 0.3) is 11.3 Å². The van der Waals surface area contributed by atoms with Gasteiger partial charge in [0.1, 0.15) is 0 Å². The summed E-state index contributed by atoms with van der Waals surface area (Å²) in [5.41, 5.74) is 5.62. The van der Waals surface area contributed by atoms with Crippen LogP contribution < -0.4 is 10.1 Å². The minimum atomic E-state index is 0.421. The monoisotopic (exact) mass is 350 g/mol. The first-order valence-electron chi connectivity index (χ1n) is 8.68. The molecule has 2 aromatic heterocycles. The Balaban J connectivity index is 2.54. The van der Waals surface area contributed by atoms with Gasteiger partial charge in [0.2, 0.25) is 5.88 Å². The Labute approximate surface area is 155 Å². The number of nitrogens with one attached hydrogen (secondary N) is 2. The van der Waals surface area contributed by atoms with Crippen molar-refractivity contribution >= 4 is 11.4 Å². The van der Waals surface area contributed by atoms with Crippen molar-refractivity contribution in [3.8, 4) is 17.1 Å². The highest BCUT2D eigenvalue weighted by molar-refractivity contribution is 5.97. The van der Waals surface area contributed by atoms with E-state index >= 15 is 0 Å². The summed E-state index contributed by atoms with van der Waals surface area (Å²) in [5, 5.41) is 11.5. The van der Waals surface area contributed by atoms with Gasteiger partial charge in [0, 0.05) is 18.4 Å². The Morgan fingerprint density at radius 3 is 2.81 bits per heavy atom. The third-order valence-corrected chi connectivity index (χ3v) is 4.07. The van der Waals surface area contributed by atoms with Gasteiger partial charge in [-0.15, -0.1) is 0 Å². The molecule has 0 aliphatic rings. The molecular formula is C21H26N4O. The summed E-state index contributed by atoms with van der Waals surface area (Å²) in [6, 6.07) is 5.78. The molecule has 0 saturated heterocycles. The lowest BCUT2D eigenvalue weighted by Crippen LogP contribution is -2.10. The number of rotatable bonds is 8. The number of hydrogen-bond donors (Lipinski definition) is 2. The molecule has 0 radical (unpaired) electrons. The van der Waals surface area contributed by atoms with Crippen LogP contribution in [-0.2, 0) is 0 Å². The topological polar surface area (TPSA) is 70.9 Å². The average Bonchev–Trinajstić information content (AvgIpc) is 2.64. The molecule has 0 saturated carbocycles. The van der Waals surface area contributed by atoms with Crippen LogP contribution in [0.15, 0.2) is 48.7 Å². The van der Waals surface area contributed by atoms with Crippen LogP contribution in [0.3, 0.4) is 0 Å². The van der Waals surface area contributed by atoms with E-state index in [1.807, 2.05) is 51.1 Å². The zero-order valence-corrected chi connectivity index (χ0v) is 15.9. The van der Waals surface area contributed by atoms with Crippen molar-refractivity contribution in [2.75, 3.05) is 18.5 Å². The summed E-state index contributed by atoms with van der Waals surface area (Å²) in [4.78, 5) is 9.01. The van der Waals surface area contributed by atoms with Crippen molar-refractivity contribution in [3.63, 3.8) is 0 Å². The van der Waals surface area contributed by atoms with Crippen molar-refractivity contribution < 1.29 is 4.74 Å². The molecular weight excluding hydrogens is 324 g/mol. The molecule has 26 heavy (non-hydrogen) atoms. The van der Waals surface area contributed by atoms with Gasteiger partial charge in [0.25, 0.3) is 0 Å². The van der Waals surface area contributed by atoms with Gasteiger partial charge in [0.05, 0.1) is 29.3 Å². The Morgan fingerprint density at radius 2 is 2.19 bits per heavy atom. The van der Waals surface area contributed by atoms with E-state index in [9.17, 15) is 0 Å². The predicted octanol–water partition coefficient (Wildman–Crippen LogP) is 4.78. The Kier molecular flexibility index (Phi) is 6.67. The van der Waals surface area contributed by atoms with E-state index in [0.29, 0.717) is 30.4 Å². The number of ether oxygens (including phenoxy) is 1. The highest BCUT2D eigenvalue weighted by Crippen LogP contribution is 2.31. The number of allylic oxidation sites excluding steroid dienone is 1. The number of aromatic nitrogens is 2. The Morgan fingerprint density at radius 1 is 1.42 bits per heavy atom. The summed E-state index contributed by atoms with van der Waals surface area (Å²) < 4.78 is 5.65. The van der Waals surface area contributed by atoms with Gasteiger partial charge in [-0.3, -0.25) is 0 Å². The van der Waals surface area contributed by atoms with Gasteiger partial charge >= 0.3 is 0 Å². The van der Waals surface area contributed by atoms with Gasteiger partial charge < -0.3 is 15.5 Å². The molecule has 0 unspecified atom stereocenters. The summed E-state index contributed by atoms with van der Waals surface area (Å²) in [6.07, 6.45) is 5.56. The lowest BCUT2D eigenvalue weighted by atomic mass is 10.1. The van der Waals surface area contributed by atoms with E-state index in [-0.39, 0.29) is 0 Å². The molecule has 0 amide bonds. The number of nitrogens with zero attached hydrogens (tertiary/aromatic N) is 2. The molecule has 2 N–H and O–H groups in total. The smallest absolute Gasteiger partial charge is 0.222 e. The van der Waals surface area contributed by atoms with Crippen LogP contribution in [0.1, 0.15) is 32.0 Å². The van der Waals surface area contributed by atoms with E-state index in [1.165, 1.54) is 0 Å². The first kappa shape index (κ1) is 19.4. The molecule has 0 fully saturated rings. The summed E-state index contributed by atoms with van der Waals surface area (Å²) in [5.74, 6) is 0.547. The molecule has 2 rings (SSSR count). The first-order chi connectivity index (χ1) is 12.5. The van der Waals surface area contributed by atoms with E-state index in [1.54, 1.807) is 13.1 Å². The second kappa shape index (κ2) is 8.94. The third-order valence-electron chi connectivity index (χ3n) is 4.07. The lowest BCUT2D eigenvalue weighted by Gasteiger charge is -2.16. The molecule has 0 spiro atoms. The summed E-state index contributed by atoms with van der Waals surface area (Å²) >= 11 is 0. The van der Waals surface area contributed by atoms with Crippen molar-refractivity contribution in [1.82, 2.24) is 9.97 Å². The highest BCUT2D eigenvalue weighted by Gasteiger charge is 2.15. The van der Waals surface area contributed by atoms with Gasteiger partial charge in [-0.05, 0) is 57.0 Å². The SMILES string of the molecule is C=C/C(=C\C)CNc1cc(-c2cccnc2OCC)nc(C(C)=N)c1C. The molecule has 0 aromatic carbocycles. The number of hydrogen-bond acceptors (Lipinski definition) is 5. The van der Waals surface area contributed by atoms with Crippen LogP contribution in [0.2, 0.25) is 0 Å². The standard InChI is InChI=1S/C21H26N4O/c1-6-16(7-2)13-24-18-12-19(25-20(14(18)4)15(5)22)17-10-9-11-23-21(17)26-8-3/h6-7,9-12,22H,1,8,13H2,2-5H3,(H,24,25)/b16-7+,22-15?. The second-order valence-corrected chi connectivity index (χ2v) is 5.86. The van der Waals surface area contributed by atoms with Crippen LogP contribution in [0, 0.1) is 12.3 Å². The fraction of sp³-hybridized carbons (Fsp3) is 0.286. The molecule has 0 atom stereocenters. The molecule has 5 heteroatoms. The molecule has 136 valence electrons. The van der Waals surface area contributed by atoms with Gasteiger partial charge in [-0.2, -0.15) is 0 Å². The minimum absolute atomic E-state index is 0.421. The van der Waals surface area contributed by atoms with Crippen molar-refractivity contribution in [1.29, 1.82) is 5.41 Å². The molecule has 2 aromatic rings. The largest absolute Gasteiger partial charge is 0.477 e. The molecule has 0 aliphatic carbocycles. The first-order valence-corrected chi connectivity index (χ1v) is 8.68. The van der Waals surface area contributed by atoms with Gasteiger partial charge in [0.15, 0.2) is 0 Å². The van der Waals surface area contributed by atoms with E-state index in [4.69, 9.17) is 15.1 Å². The maximum Gasteiger partial charge on any atom is 0.222 e. The second-order valence-electron chi connectivity index (χ2n) is 5.86. The fourth-order valence-corrected chi connectivity index (χ4v) is 2.62. The summed E-state index contributed by atoms with van der Waals surface area (Å²) in [6.45, 7) is 12.7. The molecule has 0 bridgehead atoms. The normalized spacial score (nSPS) is 11.2. The highest BCUT2D eigenvalue weighted by atomic mass is 16.5. The van der Waals surface area contributed by atoms with Crippen molar-refractivity contribution in [2.45, 2.75) is 27.7 Å². The third kappa shape index (κ3) is 4.36. The van der Waals surface area contributed by atoms with Crippen LogP contribution in [-0.4, -0.2) is 28.8 Å². The zero-order chi connectivity index (χ0) is 19.1. The Bertz CT molecular complexity index is 840. The van der Waals surface area contributed by atoms with Crippen molar-refractivity contribution in [3.05, 3.63) is 60.0 Å². The van der Waals surface area contributed by atoms with Gasteiger partial charge in [-0.1, -0.05) is 18.7 Å². The fourth-order valence-electron chi connectivity index (χ4n) is 2.62. The average molecular weight is 350 g/mol. The maximum atomic E-state index is 8.09. The molecule has 5 nitrogen and oxygen atoms in total. The van der Waals surface area contributed by atoms with Crippen LogP contribution in [0.4, 0.5) is 5.69 Å². The summed E-state index contributed by atoms with van der Waals surface area (Å²) in [7, 11) is 0. The maximum absolute atomic E-state index is 8.09. The van der Waals surface area contributed by atoms with Gasteiger partial charge in [-0.25, -0.2) is 9.97 Å².